The third-order valence-electron chi connectivity index (χ3n) is 4.17. The third kappa shape index (κ3) is 4.25. The van der Waals surface area contributed by atoms with Gasteiger partial charge in [0, 0.05) is 16.7 Å². The van der Waals surface area contributed by atoms with Crippen molar-refractivity contribution < 1.29 is 0 Å². The maximum absolute atomic E-state index is 6.31. The van der Waals surface area contributed by atoms with Crippen molar-refractivity contribution in [3.05, 3.63) is 29.8 Å². The molecular weight excluding hydrogens is 250 g/mol. The molecule has 0 aliphatic heterocycles. The van der Waals surface area contributed by atoms with Gasteiger partial charge in [0.1, 0.15) is 0 Å². The Kier molecular flexibility index (Phi) is 4.97. The topological polar surface area (TPSA) is 26.0 Å². The highest BCUT2D eigenvalue weighted by Crippen LogP contribution is 2.30. The van der Waals surface area contributed by atoms with Crippen molar-refractivity contribution in [1.29, 1.82) is 0 Å². The summed E-state index contributed by atoms with van der Waals surface area (Å²) in [5, 5.41) is 0. The normalized spacial score (nSPS) is 18.7. The van der Waals surface area contributed by atoms with Crippen LogP contribution in [-0.4, -0.2) is 11.8 Å². The van der Waals surface area contributed by atoms with E-state index in [1.807, 2.05) is 11.8 Å². The standard InChI is InChI=1S/C17H27NS/c1-17(2,3)14-8-10-15(11-9-14)19-12-16(18)13-6-4-5-7-13/h8-11,13,16H,4-7,12,18H2,1-3H3. The van der Waals surface area contributed by atoms with Crippen molar-refractivity contribution in [2.24, 2.45) is 11.7 Å². The minimum Gasteiger partial charge on any atom is -0.327 e. The fraction of sp³-hybridized carbons (Fsp3) is 0.647. The molecule has 2 rings (SSSR count). The van der Waals surface area contributed by atoms with Crippen molar-refractivity contribution in [1.82, 2.24) is 0 Å². The Hall–Kier alpha value is -0.470. The number of hydrogen-bond acceptors (Lipinski definition) is 2. The second-order valence-electron chi connectivity index (χ2n) is 6.79. The molecule has 106 valence electrons. The molecule has 2 heteroatoms. The van der Waals surface area contributed by atoms with Gasteiger partial charge in [0.05, 0.1) is 0 Å². The molecule has 1 fully saturated rings. The largest absolute Gasteiger partial charge is 0.327 e. The Labute approximate surface area is 122 Å². The number of thioether (sulfide) groups is 1. The van der Waals surface area contributed by atoms with Crippen LogP contribution in [0.25, 0.3) is 0 Å². The highest BCUT2D eigenvalue weighted by molar-refractivity contribution is 7.99. The van der Waals surface area contributed by atoms with Crippen molar-refractivity contribution in [2.75, 3.05) is 5.75 Å². The number of benzene rings is 1. The van der Waals surface area contributed by atoms with E-state index in [4.69, 9.17) is 5.73 Å². The summed E-state index contributed by atoms with van der Waals surface area (Å²) in [6.45, 7) is 6.77. The molecule has 0 aromatic heterocycles. The van der Waals surface area contributed by atoms with Crippen LogP contribution in [0, 0.1) is 5.92 Å². The summed E-state index contributed by atoms with van der Waals surface area (Å²) in [6.07, 6.45) is 5.43. The van der Waals surface area contributed by atoms with Gasteiger partial charge in [0.25, 0.3) is 0 Å². The fourth-order valence-electron chi connectivity index (χ4n) is 2.77. The summed E-state index contributed by atoms with van der Waals surface area (Å²) in [5.41, 5.74) is 7.94. The van der Waals surface area contributed by atoms with E-state index in [-0.39, 0.29) is 5.41 Å². The van der Waals surface area contributed by atoms with E-state index >= 15 is 0 Å². The van der Waals surface area contributed by atoms with Crippen molar-refractivity contribution in [2.45, 2.75) is 62.8 Å². The molecule has 1 aliphatic rings. The zero-order chi connectivity index (χ0) is 13.9. The zero-order valence-corrected chi connectivity index (χ0v) is 13.3. The first-order valence-electron chi connectivity index (χ1n) is 7.46. The number of nitrogens with two attached hydrogens (primary N) is 1. The van der Waals surface area contributed by atoms with Gasteiger partial charge in [-0.2, -0.15) is 0 Å². The van der Waals surface area contributed by atoms with Crippen LogP contribution in [-0.2, 0) is 5.41 Å². The summed E-state index contributed by atoms with van der Waals surface area (Å²) in [4.78, 5) is 1.35. The van der Waals surface area contributed by atoms with Crippen LogP contribution >= 0.6 is 11.8 Å². The highest BCUT2D eigenvalue weighted by atomic mass is 32.2. The first-order chi connectivity index (χ1) is 8.97. The van der Waals surface area contributed by atoms with E-state index in [0.29, 0.717) is 6.04 Å². The molecule has 0 saturated heterocycles. The molecule has 1 aromatic carbocycles. The molecule has 0 heterocycles. The Balaban J connectivity index is 1.86. The molecule has 0 spiro atoms. The van der Waals surface area contributed by atoms with Gasteiger partial charge in [0.15, 0.2) is 0 Å². The van der Waals surface area contributed by atoms with Gasteiger partial charge in [-0.3, -0.25) is 0 Å². The van der Waals surface area contributed by atoms with Crippen LogP contribution in [0.5, 0.6) is 0 Å². The van der Waals surface area contributed by atoms with Gasteiger partial charge in [-0.05, 0) is 41.9 Å². The van der Waals surface area contributed by atoms with Crippen LogP contribution in [0.1, 0.15) is 52.0 Å². The predicted octanol–water partition coefficient (Wildman–Crippen LogP) is 4.59. The van der Waals surface area contributed by atoms with Gasteiger partial charge < -0.3 is 5.73 Å². The average Bonchev–Trinajstić information content (AvgIpc) is 2.89. The van der Waals surface area contributed by atoms with Crippen molar-refractivity contribution in [3.63, 3.8) is 0 Å². The molecule has 1 aromatic rings. The Morgan fingerprint density at radius 1 is 1.16 bits per heavy atom. The van der Waals surface area contributed by atoms with Crippen LogP contribution in [0.3, 0.4) is 0 Å². The van der Waals surface area contributed by atoms with Crippen molar-refractivity contribution in [3.8, 4) is 0 Å². The molecule has 19 heavy (non-hydrogen) atoms. The van der Waals surface area contributed by atoms with Gasteiger partial charge in [-0.15, -0.1) is 11.8 Å². The Bertz CT molecular complexity index is 385. The molecule has 0 radical (unpaired) electrons. The lowest BCUT2D eigenvalue weighted by Crippen LogP contribution is -2.30. The molecule has 1 aliphatic carbocycles. The van der Waals surface area contributed by atoms with E-state index < -0.39 is 0 Å². The molecule has 0 bridgehead atoms. The summed E-state index contributed by atoms with van der Waals surface area (Å²) in [6, 6.07) is 9.36. The maximum Gasteiger partial charge on any atom is 0.0162 e. The highest BCUT2D eigenvalue weighted by Gasteiger charge is 2.22. The lowest BCUT2D eigenvalue weighted by molar-refractivity contribution is 0.463. The van der Waals surface area contributed by atoms with Gasteiger partial charge >= 0.3 is 0 Å². The lowest BCUT2D eigenvalue weighted by atomic mass is 9.87. The third-order valence-corrected chi connectivity index (χ3v) is 5.33. The van der Waals surface area contributed by atoms with E-state index in [0.717, 1.165) is 11.7 Å². The van der Waals surface area contributed by atoms with E-state index in [1.54, 1.807) is 0 Å². The first kappa shape index (κ1) is 14.9. The second-order valence-corrected chi connectivity index (χ2v) is 7.89. The average molecular weight is 277 g/mol. The monoisotopic (exact) mass is 277 g/mol. The van der Waals surface area contributed by atoms with Crippen LogP contribution in [0.15, 0.2) is 29.2 Å². The quantitative estimate of drug-likeness (QED) is 0.814. The SMILES string of the molecule is CC(C)(C)c1ccc(SCC(N)C2CCCC2)cc1. The summed E-state index contributed by atoms with van der Waals surface area (Å²) in [5.74, 6) is 1.82. The first-order valence-corrected chi connectivity index (χ1v) is 8.44. The predicted molar refractivity (Wildman–Crippen MR) is 85.8 cm³/mol. The zero-order valence-electron chi connectivity index (χ0n) is 12.5. The van der Waals surface area contributed by atoms with Crippen LogP contribution in [0.2, 0.25) is 0 Å². The van der Waals surface area contributed by atoms with E-state index in [1.165, 1.54) is 36.1 Å². The number of hydrogen-bond donors (Lipinski definition) is 1. The summed E-state index contributed by atoms with van der Waals surface area (Å²) < 4.78 is 0. The Morgan fingerprint density at radius 2 is 1.74 bits per heavy atom. The molecule has 2 N–H and O–H groups in total. The smallest absolute Gasteiger partial charge is 0.0162 e. The minimum atomic E-state index is 0.240. The van der Waals surface area contributed by atoms with Crippen molar-refractivity contribution >= 4 is 11.8 Å². The van der Waals surface area contributed by atoms with Crippen LogP contribution < -0.4 is 5.73 Å². The molecular formula is C17H27NS. The van der Waals surface area contributed by atoms with E-state index in [9.17, 15) is 0 Å². The number of rotatable bonds is 4. The lowest BCUT2D eigenvalue weighted by Gasteiger charge is -2.20. The van der Waals surface area contributed by atoms with Crippen LogP contribution in [0.4, 0.5) is 0 Å². The van der Waals surface area contributed by atoms with Gasteiger partial charge in [-0.1, -0.05) is 45.7 Å². The maximum atomic E-state index is 6.31. The molecule has 1 atom stereocenters. The molecule has 0 amide bonds. The fourth-order valence-corrected chi connectivity index (χ4v) is 3.75. The van der Waals surface area contributed by atoms with E-state index in [2.05, 4.69) is 45.0 Å². The minimum absolute atomic E-state index is 0.240. The molecule has 1 unspecified atom stereocenters. The van der Waals surface area contributed by atoms with Gasteiger partial charge in [-0.25, -0.2) is 0 Å². The summed E-state index contributed by atoms with van der Waals surface area (Å²) in [7, 11) is 0. The van der Waals surface area contributed by atoms with Gasteiger partial charge in [0.2, 0.25) is 0 Å². The molecule has 1 saturated carbocycles. The molecule has 1 nitrogen and oxygen atoms in total. The second kappa shape index (κ2) is 6.32. The Morgan fingerprint density at radius 3 is 2.26 bits per heavy atom. The summed E-state index contributed by atoms with van der Waals surface area (Å²) >= 11 is 1.91.